The van der Waals surface area contributed by atoms with Gasteiger partial charge in [0, 0.05) is 12.8 Å². The average Bonchev–Trinajstić information content (AvgIpc) is 2.25. The Labute approximate surface area is 87.4 Å². The van der Waals surface area contributed by atoms with Crippen molar-refractivity contribution in [3.8, 4) is 11.8 Å². The molecule has 1 aromatic carbocycles. The lowest BCUT2D eigenvalue weighted by Crippen LogP contribution is -1.85. The van der Waals surface area contributed by atoms with E-state index in [1.807, 2.05) is 0 Å². The fraction of sp³-hybridized carbons (Fsp3) is 0.429. The molecule has 1 rings (SSSR count). The number of hydrogen-bond donors (Lipinski definition) is 0. The summed E-state index contributed by atoms with van der Waals surface area (Å²) in [7, 11) is 0. The lowest BCUT2D eigenvalue weighted by Gasteiger charge is -1.99. The zero-order chi connectivity index (χ0) is 10.2. The Morgan fingerprint density at radius 3 is 2.14 bits per heavy atom. The summed E-state index contributed by atoms with van der Waals surface area (Å²) in [6.45, 7) is 4.27. The van der Waals surface area contributed by atoms with Gasteiger partial charge in [0.1, 0.15) is 0 Å². The van der Waals surface area contributed by atoms with Gasteiger partial charge >= 0.3 is 0 Å². The monoisotopic (exact) mass is 186 g/mol. The number of rotatable bonds is 3. The van der Waals surface area contributed by atoms with Gasteiger partial charge in [-0.05, 0) is 24.0 Å². The van der Waals surface area contributed by atoms with Crippen LogP contribution >= 0.6 is 0 Å². The third kappa shape index (κ3) is 3.66. The van der Waals surface area contributed by atoms with Crippen LogP contribution in [0.1, 0.15) is 37.8 Å². The quantitative estimate of drug-likeness (QED) is 0.633. The SMILES string of the molecule is CCC#CCCc1ccc(CC)cc1. The lowest BCUT2D eigenvalue weighted by atomic mass is 10.1. The van der Waals surface area contributed by atoms with E-state index in [2.05, 4.69) is 50.0 Å². The Morgan fingerprint density at radius 2 is 1.57 bits per heavy atom. The summed E-state index contributed by atoms with van der Waals surface area (Å²) in [5.74, 6) is 6.25. The second-order valence-corrected chi connectivity index (χ2v) is 3.38. The van der Waals surface area contributed by atoms with Crippen molar-refractivity contribution in [2.45, 2.75) is 39.5 Å². The third-order valence-electron chi connectivity index (χ3n) is 2.27. The largest absolute Gasteiger partial charge is 0.104 e. The summed E-state index contributed by atoms with van der Waals surface area (Å²) < 4.78 is 0. The lowest BCUT2D eigenvalue weighted by molar-refractivity contribution is 1.02. The molecule has 0 heterocycles. The van der Waals surface area contributed by atoms with Crippen LogP contribution in [-0.2, 0) is 12.8 Å². The summed E-state index contributed by atoms with van der Waals surface area (Å²) >= 11 is 0. The molecule has 0 unspecified atom stereocenters. The first-order chi connectivity index (χ1) is 6.86. The standard InChI is InChI=1S/C14H18/c1-3-5-6-7-8-14-11-9-13(4-2)10-12-14/h9-12H,3-4,7-8H2,1-2H3. The Balaban J connectivity index is 2.43. The van der Waals surface area contributed by atoms with Gasteiger partial charge in [-0.2, -0.15) is 0 Å². The van der Waals surface area contributed by atoms with Gasteiger partial charge in [-0.25, -0.2) is 0 Å². The van der Waals surface area contributed by atoms with Gasteiger partial charge in [0.2, 0.25) is 0 Å². The molecule has 0 aromatic heterocycles. The normalized spacial score (nSPS) is 9.29. The van der Waals surface area contributed by atoms with Crippen LogP contribution < -0.4 is 0 Å². The summed E-state index contributed by atoms with van der Waals surface area (Å²) in [4.78, 5) is 0. The van der Waals surface area contributed by atoms with Crippen molar-refractivity contribution in [3.05, 3.63) is 35.4 Å². The van der Waals surface area contributed by atoms with Crippen molar-refractivity contribution in [3.63, 3.8) is 0 Å². The number of hydrogen-bond acceptors (Lipinski definition) is 0. The van der Waals surface area contributed by atoms with E-state index >= 15 is 0 Å². The smallest absolute Gasteiger partial charge is 0.0129 e. The molecule has 14 heavy (non-hydrogen) atoms. The van der Waals surface area contributed by atoms with Gasteiger partial charge < -0.3 is 0 Å². The molecule has 0 radical (unpaired) electrons. The topological polar surface area (TPSA) is 0 Å². The summed E-state index contributed by atoms with van der Waals surface area (Å²) in [5, 5.41) is 0. The van der Waals surface area contributed by atoms with Crippen LogP contribution in [0.3, 0.4) is 0 Å². The molecule has 0 aliphatic carbocycles. The predicted octanol–water partition coefficient (Wildman–Crippen LogP) is 3.60. The van der Waals surface area contributed by atoms with Gasteiger partial charge in [0.15, 0.2) is 0 Å². The molecule has 0 saturated heterocycles. The van der Waals surface area contributed by atoms with Crippen molar-refractivity contribution in [1.29, 1.82) is 0 Å². The maximum atomic E-state index is 3.16. The maximum absolute atomic E-state index is 3.16. The van der Waals surface area contributed by atoms with Crippen LogP contribution in [0.15, 0.2) is 24.3 Å². The van der Waals surface area contributed by atoms with E-state index in [1.54, 1.807) is 0 Å². The van der Waals surface area contributed by atoms with Crippen molar-refractivity contribution in [2.75, 3.05) is 0 Å². The molecule has 0 bridgehead atoms. The Hall–Kier alpha value is -1.22. The molecule has 1 aromatic rings. The van der Waals surface area contributed by atoms with Crippen molar-refractivity contribution < 1.29 is 0 Å². The highest BCUT2D eigenvalue weighted by molar-refractivity contribution is 5.23. The second kappa shape index (κ2) is 6.27. The molecule has 0 saturated carbocycles. The minimum atomic E-state index is 0.967. The van der Waals surface area contributed by atoms with E-state index in [9.17, 15) is 0 Å². The first-order valence-electron chi connectivity index (χ1n) is 5.40. The highest BCUT2D eigenvalue weighted by Crippen LogP contribution is 2.06. The molecule has 0 fully saturated rings. The zero-order valence-electron chi connectivity index (χ0n) is 9.14. The zero-order valence-corrected chi connectivity index (χ0v) is 9.14. The van der Waals surface area contributed by atoms with E-state index < -0.39 is 0 Å². The molecule has 74 valence electrons. The predicted molar refractivity (Wildman–Crippen MR) is 62.2 cm³/mol. The van der Waals surface area contributed by atoms with Gasteiger partial charge in [-0.15, -0.1) is 11.8 Å². The van der Waals surface area contributed by atoms with Crippen molar-refractivity contribution in [1.82, 2.24) is 0 Å². The molecular weight excluding hydrogens is 168 g/mol. The van der Waals surface area contributed by atoms with Crippen LogP contribution in [0, 0.1) is 11.8 Å². The fourth-order valence-corrected chi connectivity index (χ4v) is 1.36. The van der Waals surface area contributed by atoms with Gasteiger partial charge in [0.05, 0.1) is 0 Å². The molecule has 0 amide bonds. The van der Waals surface area contributed by atoms with Gasteiger partial charge in [0.25, 0.3) is 0 Å². The Morgan fingerprint density at radius 1 is 0.929 bits per heavy atom. The van der Waals surface area contributed by atoms with Crippen LogP contribution in [0.2, 0.25) is 0 Å². The second-order valence-electron chi connectivity index (χ2n) is 3.38. The minimum Gasteiger partial charge on any atom is -0.104 e. The summed E-state index contributed by atoms with van der Waals surface area (Å²) in [6.07, 6.45) is 4.15. The third-order valence-corrected chi connectivity index (χ3v) is 2.27. The summed E-state index contributed by atoms with van der Waals surface area (Å²) in [6, 6.07) is 8.85. The van der Waals surface area contributed by atoms with Crippen LogP contribution in [0.25, 0.3) is 0 Å². The first-order valence-corrected chi connectivity index (χ1v) is 5.40. The molecule has 0 aliphatic rings. The van der Waals surface area contributed by atoms with Gasteiger partial charge in [-0.1, -0.05) is 38.1 Å². The number of aryl methyl sites for hydroxylation is 2. The van der Waals surface area contributed by atoms with E-state index in [-0.39, 0.29) is 0 Å². The van der Waals surface area contributed by atoms with Crippen LogP contribution in [0.4, 0.5) is 0 Å². The molecule has 0 nitrogen and oxygen atoms in total. The number of benzene rings is 1. The van der Waals surface area contributed by atoms with E-state index in [1.165, 1.54) is 11.1 Å². The maximum Gasteiger partial charge on any atom is 0.0129 e. The van der Waals surface area contributed by atoms with E-state index in [0.717, 1.165) is 25.7 Å². The average molecular weight is 186 g/mol. The molecule has 0 aliphatic heterocycles. The fourth-order valence-electron chi connectivity index (χ4n) is 1.36. The van der Waals surface area contributed by atoms with Crippen LogP contribution in [0.5, 0.6) is 0 Å². The molecule has 0 spiro atoms. The molecule has 0 N–H and O–H groups in total. The highest BCUT2D eigenvalue weighted by atomic mass is 14.0. The molecule has 0 atom stereocenters. The van der Waals surface area contributed by atoms with Crippen molar-refractivity contribution >= 4 is 0 Å². The van der Waals surface area contributed by atoms with E-state index in [0.29, 0.717) is 0 Å². The van der Waals surface area contributed by atoms with E-state index in [4.69, 9.17) is 0 Å². The summed E-state index contributed by atoms with van der Waals surface area (Å²) in [5.41, 5.74) is 2.81. The first kappa shape index (κ1) is 10.9. The van der Waals surface area contributed by atoms with Crippen molar-refractivity contribution in [2.24, 2.45) is 0 Å². The minimum absolute atomic E-state index is 0.967. The Bertz CT molecular complexity index is 308. The highest BCUT2D eigenvalue weighted by Gasteiger charge is 1.91. The Kier molecular flexibility index (Phi) is 4.86. The van der Waals surface area contributed by atoms with Gasteiger partial charge in [-0.3, -0.25) is 0 Å². The van der Waals surface area contributed by atoms with Crippen LogP contribution in [-0.4, -0.2) is 0 Å². The molecule has 0 heteroatoms. The molecular formula is C14H18.